The lowest BCUT2D eigenvalue weighted by Gasteiger charge is -2.59. The van der Waals surface area contributed by atoms with Gasteiger partial charge in [0, 0.05) is 16.7 Å². The lowest BCUT2D eigenvalue weighted by Crippen LogP contribution is -2.62. The van der Waals surface area contributed by atoms with E-state index in [4.69, 9.17) is 27.9 Å². The fourth-order valence-electron chi connectivity index (χ4n) is 7.09. The van der Waals surface area contributed by atoms with Gasteiger partial charge in [-0.3, -0.25) is 4.79 Å². The highest BCUT2D eigenvalue weighted by Crippen LogP contribution is 2.67. The van der Waals surface area contributed by atoms with Gasteiger partial charge in [-0.25, -0.2) is 9.59 Å². The summed E-state index contributed by atoms with van der Waals surface area (Å²) in [4.78, 5) is 35.0. The Kier molecular flexibility index (Phi) is 5.15. The van der Waals surface area contributed by atoms with Crippen LogP contribution in [-0.4, -0.2) is 44.5 Å². The number of fused-ring (bicyclic) bond motifs is 5. The van der Waals surface area contributed by atoms with Gasteiger partial charge in [0.15, 0.2) is 5.78 Å². The maximum atomic E-state index is 12.4. The molecule has 4 aliphatic rings. The molecular weight excluding hydrogens is 431 g/mol. The number of carbonyl (C=O) groups excluding carboxylic acids is 2. The minimum atomic E-state index is -1.78. The van der Waals surface area contributed by atoms with Gasteiger partial charge >= 0.3 is 11.9 Å². The number of hydrogen-bond acceptors (Lipinski definition) is 5. The number of aliphatic hydroxyl groups is 1. The maximum Gasteiger partial charge on any atom is 0.348 e. The summed E-state index contributed by atoms with van der Waals surface area (Å²) < 4.78 is 5.48. The standard InChI is InChI=1S/C22H26Cl2O6/c1-20-7-5-12(25)9-11(20)3-4-13-14-6-8-22(19(28)29,30-18(27)17(23)24)21(14,2)10-15(26)16(13)20/h5,7,9,13-17,26H,3-4,6,8,10H2,1-2H3,(H,28,29)/t13?,14?,15-,16?,20?,21?,22-/m0/s1. The van der Waals surface area contributed by atoms with E-state index in [2.05, 4.69) is 6.92 Å². The van der Waals surface area contributed by atoms with Crippen molar-refractivity contribution in [3.8, 4) is 0 Å². The monoisotopic (exact) mass is 456 g/mol. The maximum absolute atomic E-state index is 12.4. The van der Waals surface area contributed by atoms with E-state index in [0.29, 0.717) is 6.42 Å². The number of rotatable bonds is 3. The van der Waals surface area contributed by atoms with Crippen LogP contribution in [0.4, 0.5) is 0 Å². The van der Waals surface area contributed by atoms with Crippen LogP contribution < -0.4 is 0 Å². The Morgan fingerprint density at radius 2 is 1.97 bits per heavy atom. The average Bonchev–Trinajstić information content (AvgIpc) is 2.94. The van der Waals surface area contributed by atoms with Gasteiger partial charge < -0.3 is 14.9 Å². The molecule has 4 rings (SSSR count). The smallest absolute Gasteiger partial charge is 0.348 e. The predicted molar refractivity (Wildman–Crippen MR) is 110 cm³/mol. The number of carbonyl (C=O) groups is 3. The van der Waals surface area contributed by atoms with Crippen LogP contribution in [0.2, 0.25) is 0 Å². The zero-order chi connectivity index (χ0) is 22.1. The molecule has 0 radical (unpaired) electrons. The van der Waals surface area contributed by atoms with Crippen molar-refractivity contribution in [1.82, 2.24) is 0 Å². The zero-order valence-corrected chi connectivity index (χ0v) is 18.4. The highest BCUT2D eigenvalue weighted by molar-refractivity contribution is 6.53. The van der Waals surface area contributed by atoms with Gasteiger partial charge in [0.1, 0.15) is 0 Å². The number of allylic oxidation sites excluding steroid dienone is 4. The predicted octanol–water partition coefficient (Wildman–Crippen LogP) is 3.44. The molecule has 3 fully saturated rings. The van der Waals surface area contributed by atoms with Gasteiger partial charge in [-0.2, -0.15) is 0 Å². The number of aliphatic carboxylic acids is 1. The molecule has 0 bridgehead atoms. The minimum absolute atomic E-state index is 0.0366. The van der Waals surface area contributed by atoms with E-state index in [-0.39, 0.29) is 36.4 Å². The summed E-state index contributed by atoms with van der Waals surface area (Å²) in [5, 5.41) is 21.5. The number of ether oxygens (including phenoxy) is 1. The Bertz CT molecular complexity index is 866. The first kappa shape index (κ1) is 21.8. The molecule has 0 heterocycles. The molecule has 0 aromatic heterocycles. The second kappa shape index (κ2) is 7.07. The number of alkyl halides is 2. The number of carboxylic acids is 1. The molecule has 0 amide bonds. The topological polar surface area (TPSA) is 101 Å². The van der Waals surface area contributed by atoms with Crippen molar-refractivity contribution in [2.75, 3.05) is 0 Å². The largest absolute Gasteiger partial charge is 0.478 e. The SMILES string of the molecule is CC12C=CC(=O)C=C1CCC1C2[C@@H](O)CC2(C)C1CC[C@]2(OC(=O)C(Cl)Cl)C(=O)O. The van der Waals surface area contributed by atoms with Crippen molar-refractivity contribution in [3.63, 3.8) is 0 Å². The average molecular weight is 457 g/mol. The van der Waals surface area contributed by atoms with Crippen LogP contribution in [0.5, 0.6) is 0 Å². The van der Waals surface area contributed by atoms with Crippen LogP contribution in [0.15, 0.2) is 23.8 Å². The first-order valence-electron chi connectivity index (χ1n) is 10.3. The zero-order valence-electron chi connectivity index (χ0n) is 16.9. The summed E-state index contributed by atoms with van der Waals surface area (Å²) in [6.07, 6.45) is 6.70. The molecule has 3 saturated carbocycles. The van der Waals surface area contributed by atoms with Crippen molar-refractivity contribution in [1.29, 1.82) is 0 Å². The molecule has 5 unspecified atom stereocenters. The summed E-state index contributed by atoms with van der Waals surface area (Å²) in [6, 6.07) is 0. The number of hydrogen-bond donors (Lipinski definition) is 2. The Morgan fingerprint density at radius 3 is 2.60 bits per heavy atom. The van der Waals surface area contributed by atoms with Crippen molar-refractivity contribution >= 4 is 40.9 Å². The molecule has 0 aromatic rings. The van der Waals surface area contributed by atoms with Crippen LogP contribution in [0.1, 0.15) is 46.0 Å². The second-order valence-electron chi connectivity index (χ2n) is 9.60. The van der Waals surface area contributed by atoms with E-state index in [1.165, 1.54) is 0 Å². The summed E-state index contributed by atoms with van der Waals surface area (Å²) in [5.41, 5.74) is -2.15. The van der Waals surface area contributed by atoms with Gasteiger partial charge in [0.05, 0.1) is 6.10 Å². The number of esters is 1. The van der Waals surface area contributed by atoms with Crippen LogP contribution in [0.25, 0.3) is 0 Å². The quantitative estimate of drug-likeness (QED) is 0.498. The lowest BCUT2D eigenvalue weighted by atomic mass is 9.46. The highest BCUT2D eigenvalue weighted by Gasteiger charge is 2.71. The molecular formula is C22H26Cl2O6. The normalized spacial score (nSPS) is 44.7. The van der Waals surface area contributed by atoms with Crippen molar-refractivity contribution in [2.45, 2.75) is 62.5 Å². The van der Waals surface area contributed by atoms with Gasteiger partial charge in [-0.05, 0) is 56.1 Å². The summed E-state index contributed by atoms with van der Waals surface area (Å²) in [7, 11) is 0. The van der Waals surface area contributed by atoms with Crippen molar-refractivity contribution < 1.29 is 29.3 Å². The number of carboxylic acid groups (broad SMARTS) is 1. The van der Waals surface area contributed by atoms with E-state index < -0.39 is 39.3 Å². The Labute approximate surface area is 185 Å². The number of aliphatic hydroxyl groups excluding tert-OH is 1. The third kappa shape index (κ3) is 2.83. The Morgan fingerprint density at radius 1 is 1.27 bits per heavy atom. The van der Waals surface area contributed by atoms with Gasteiger partial charge in [-0.15, -0.1) is 0 Å². The lowest BCUT2D eigenvalue weighted by molar-refractivity contribution is -0.208. The van der Waals surface area contributed by atoms with Crippen LogP contribution in [0.3, 0.4) is 0 Å². The van der Waals surface area contributed by atoms with Crippen LogP contribution in [0, 0.1) is 28.6 Å². The fourth-order valence-corrected chi connectivity index (χ4v) is 7.18. The molecule has 164 valence electrons. The van der Waals surface area contributed by atoms with Gasteiger partial charge in [0.25, 0.3) is 0 Å². The van der Waals surface area contributed by atoms with Gasteiger partial charge in [0.2, 0.25) is 10.4 Å². The Hall–Kier alpha value is -1.37. The number of ketones is 1. The van der Waals surface area contributed by atoms with E-state index in [0.717, 1.165) is 18.4 Å². The first-order valence-corrected chi connectivity index (χ1v) is 11.2. The molecule has 2 N–H and O–H groups in total. The van der Waals surface area contributed by atoms with Crippen molar-refractivity contribution in [3.05, 3.63) is 23.8 Å². The van der Waals surface area contributed by atoms with Crippen molar-refractivity contribution in [2.24, 2.45) is 28.6 Å². The number of halogens is 2. The molecule has 0 spiro atoms. The van der Waals surface area contributed by atoms with E-state index in [1.807, 2.05) is 6.08 Å². The summed E-state index contributed by atoms with van der Waals surface area (Å²) >= 11 is 11.3. The van der Waals surface area contributed by atoms with E-state index in [1.54, 1.807) is 19.1 Å². The minimum Gasteiger partial charge on any atom is -0.478 e. The third-order valence-electron chi connectivity index (χ3n) is 8.41. The van der Waals surface area contributed by atoms with Crippen LogP contribution >= 0.6 is 23.2 Å². The summed E-state index contributed by atoms with van der Waals surface area (Å²) in [6.45, 7) is 3.85. The molecule has 0 saturated heterocycles. The van der Waals surface area contributed by atoms with Crippen LogP contribution in [-0.2, 0) is 19.1 Å². The second-order valence-corrected chi connectivity index (χ2v) is 10.7. The third-order valence-corrected chi connectivity index (χ3v) is 8.77. The van der Waals surface area contributed by atoms with E-state index in [9.17, 15) is 24.6 Å². The Balaban J connectivity index is 1.74. The molecule has 4 aliphatic carbocycles. The summed E-state index contributed by atoms with van der Waals surface area (Å²) in [5.74, 6) is -2.38. The first-order chi connectivity index (χ1) is 14.0. The molecule has 30 heavy (non-hydrogen) atoms. The molecule has 6 nitrogen and oxygen atoms in total. The van der Waals surface area contributed by atoms with Gasteiger partial charge in [-0.1, -0.05) is 48.7 Å². The fraction of sp³-hybridized carbons (Fsp3) is 0.682. The highest BCUT2D eigenvalue weighted by atomic mass is 35.5. The van der Waals surface area contributed by atoms with E-state index >= 15 is 0 Å². The molecule has 0 aliphatic heterocycles. The molecule has 7 atom stereocenters. The molecule has 8 heteroatoms. The molecule has 0 aromatic carbocycles.